The van der Waals surface area contributed by atoms with Crippen molar-refractivity contribution in [3.05, 3.63) is 34.6 Å². The number of hydrogen-bond donors (Lipinski definition) is 1. The Morgan fingerprint density at radius 2 is 1.85 bits per heavy atom. The standard InChI is InChI=1S/C20H22F3NO8S/c1-4-33(29,30)14-9-8-11(18(28)16-12(25)6-5-7-13(16)26)17(20(21,22)23)19(14)32-10-15(27)24(2)31-3/h8-9,25H,4-7,10H2,1-3H3. The second-order valence-electron chi connectivity index (χ2n) is 7.01. The summed E-state index contributed by atoms with van der Waals surface area (Å²) in [5.41, 5.74) is -3.65. The largest absolute Gasteiger partial charge is 0.511 e. The number of alkyl halides is 3. The topological polar surface area (TPSA) is 127 Å². The molecule has 0 aliphatic heterocycles. The number of carbonyl (C=O) groups excluding carboxylic acids is 3. The van der Waals surface area contributed by atoms with Gasteiger partial charge in [0, 0.05) is 25.5 Å². The Kier molecular flexibility index (Phi) is 7.91. The number of benzene rings is 1. The molecule has 182 valence electrons. The molecule has 2 rings (SSSR count). The summed E-state index contributed by atoms with van der Waals surface area (Å²) in [6.45, 7) is 0.156. The molecule has 0 aromatic heterocycles. The number of carbonyl (C=O) groups is 3. The monoisotopic (exact) mass is 493 g/mol. The average molecular weight is 493 g/mol. The normalized spacial score (nSPS) is 14.9. The van der Waals surface area contributed by atoms with Crippen molar-refractivity contribution in [3.8, 4) is 5.75 Å². The summed E-state index contributed by atoms with van der Waals surface area (Å²) in [5.74, 6) is -5.68. The van der Waals surface area contributed by atoms with E-state index < -0.39 is 79.0 Å². The Morgan fingerprint density at radius 3 is 2.36 bits per heavy atom. The highest BCUT2D eigenvalue weighted by molar-refractivity contribution is 7.91. The van der Waals surface area contributed by atoms with E-state index in [2.05, 4.69) is 4.84 Å². The number of aliphatic hydroxyl groups is 1. The summed E-state index contributed by atoms with van der Waals surface area (Å²) in [7, 11) is -2.02. The fraction of sp³-hybridized carbons (Fsp3) is 0.450. The van der Waals surface area contributed by atoms with E-state index in [4.69, 9.17) is 4.74 Å². The van der Waals surface area contributed by atoms with Gasteiger partial charge in [0.05, 0.1) is 12.9 Å². The molecule has 1 aliphatic rings. The summed E-state index contributed by atoms with van der Waals surface area (Å²) in [4.78, 5) is 40.8. The van der Waals surface area contributed by atoms with Crippen LogP contribution in [0.2, 0.25) is 0 Å². The summed E-state index contributed by atoms with van der Waals surface area (Å²) in [6, 6.07) is 1.36. The molecule has 1 aliphatic carbocycles. The van der Waals surface area contributed by atoms with Gasteiger partial charge in [-0.15, -0.1) is 0 Å². The summed E-state index contributed by atoms with van der Waals surface area (Å²) in [5, 5.41) is 10.6. The number of ether oxygens (including phenoxy) is 1. The SMILES string of the molecule is CCS(=O)(=O)c1ccc(C(=O)C2=C(O)CCCC2=O)c(C(F)(F)F)c1OCC(=O)N(C)OC. The van der Waals surface area contributed by atoms with Crippen molar-refractivity contribution in [1.82, 2.24) is 5.06 Å². The Balaban J connectivity index is 2.79. The van der Waals surface area contributed by atoms with Gasteiger partial charge >= 0.3 is 6.18 Å². The Labute approximate surface area is 187 Å². The number of hydrogen-bond acceptors (Lipinski definition) is 8. The number of aliphatic hydroxyl groups excluding tert-OH is 1. The number of Topliss-reactive ketones (excluding diaryl/α,β-unsaturated/α-hetero) is 2. The molecule has 1 N–H and O–H groups in total. The zero-order valence-corrected chi connectivity index (χ0v) is 18.8. The molecule has 0 spiro atoms. The Bertz CT molecular complexity index is 1110. The zero-order valence-electron chi connectivity index (χ0n) is 18.0. The van der Waals surface area contributed by atoms with Crippen LogP contribution in [0.5, 0.6) is 5.75 Å². The molecule has 0 saturated heterocycles. The predicted octanol–water partition coefficient (Wildman–Crippen LogP) is 2.65. The van der Waals surface area contributed by atoms with Crippen LogP contribution >= 0.6 is 0 Å². The van der Waals surface area contributed by atoms with Crippen LogP contribution in [-0.4, -0.2) is 62.6 Å². The lowest BCUT2D eigenvalue weighted by atomic mass is 9.88. The molecule has 9 nitrogen and oxygen atoms in total. The maximum Gasteiger partial charge on any atom is 0.420 e. The van der Waals surface area contributed by atoms with E-state index in [9.17, 15) is 41.1 Å². The maximum absolute atomic E-state index is 14.1. The lowest BCUT2D eigenvalue weighted by Gasteiger charge is -2.22. The van der Waals surface area contributed by atoms with E-state index in [1.165, 1.54) is 6.92 Å². The molecule has 1 aromatic rings. The van der Waals surface area contributed by atoms with Crippen molar-refractivity contribution in [3.63, 3.8) is 0 Å². The third-order valence-corrected chi connectivity index (χ3v) is 6.69. The fourth-order valence-corrected chi connectivity index (χ4v) is 4.15. The van der Waals surface area contributed by atoms with E-state index in [1.54, 1.807) is 0 Å². The number of allylic oxidation sites excluding steroid dienone is 2. The molecule has 0 saturated carbocycles. The quantitative estimate of drug-likeness (QED) is 0.333. The van der Waals surface area contributed by atoms with Gasteiger partial charge in [-0.2, -0.15) is 13.2 Å². The molecule has 0 atom stereocenters. The predicted molar refractivity (Wildman–Crippen MR) is 107 cm³/mol. The van der Waals surface area contributed by atoms with Gasteiger partial charge in [-0.05, 0) is 18.6 Å². The number of ketones is 2. The number of likely N-dealkylation sites (N-methyl/N-ethyl adjacent to an activating group) is 1. The van der Waals surface area contributed by atoms with Gasteiger partial charge in [-0.3, -0.25) is 19.2 Å². The first-order chi connectivity index (χ1) is 15.3. The van der Waals surface area contributed by atoms with E-state index in [0.29, 0.717) is 11.1 Å². The van der Waals surface area contributed by atoms with Gasteiger partial charge in [-0.1, -0.05) is 6.92 Å². The number of rotatable bonds is 8. The van der Waals surface area contributed by atoms with Crippen molar-refractivity contribution >= 4 is 27.3 Å². The average Bonchev–Trinajstić information content (AvgIpc) is 2.75. The first-order valence-electron chi connectivity index (χ1n) is 9.66. The Hall–Kier alpha value is -2.93. The number of sulfone groups is 1. The van der Waals surface area contributed by atoms with Crippen LogP contribution in [0.15, 0.2) is 28.4 Å². The minimum atomic E-state index is -5.32. The minimum Gasteiger partial charge on any atom is -0.511 e. The molecule has 13 heteroatoms. The van der Waals surface area contributed by atoms with Gasteiger partial charge in [-0.25, -0.2) is 13.5 Å². The maximum atomic E-state index is 14.1. The summed E-state index contributed by atoms with van der Waals surface area (Å²) >= 11 is 0. The van der Waals surface area contributed by atoms with Crippen molar-refractivity contribution in [2.45, 2.75) is 37.3 Å². The lowest BCUT2D eigenvalue weighted by molar-refractivity contribution is -0.171. The molecule has 0 fully saturated rings. The first kappa shape index (κ1) is 26.3. The lowest BCUT2D eigenvalue weighted by Crippen LogP contribution is -2.31. The van der Waals surface area contributed by atoms with Gasteiger partial charge in [0.15, 0.2) is 28.0 Å². The van der Waals surface area contributed by atoms with Crippen LogP contribution in [0.1, 0.15) is 42.1 Å². The van der Waals surface area contributed by atoms with Crippen LogP contribution in [0.4, 0.5) is 13.2 Å². The van der Waals surface area contributed by atoms with E-state index in [0.717, 1.165) is 20.2 Å². The fourth-order valence-electron chi connectivity index (χ4n) is 3.12. The summed E-state index contributed by atoms with van der Waals surface area (Å²) < 4.78 is 72.4. The highest BCUT2D eigenvalue weighted by Crippen LogP contribution is 2.44. The molecule has 1 aromatic carbocycles. The highest BCUT2D eigenvalue weighted by Gasteiger charge is 2.43. The molecule has 0 heterocycles. The molecule has 0 radical (unpaired) electrons. The second-order valence-corrected chi connectivity index (χ2v) is 9.25. The molecular formula is C20H22F3NO8S. The molecular weight excluding hydrogens is 471 g/mol. The molecule has 33 heavy (non-hydrogen) atoms. The van der Waals surface area contributed by atoms with E-state index in [1.807, 2.05) is 0 Å². The number of nitrogens with zero attached hydrogens (tertiary/aromatic N) is 1. The van der Waals surface area contributed by atoms with Crippen molar-refractivity contribution in [1.29, 1.82) is 0 Å². The third kappa shape index (κ3) is 5.53. The van der Waals surface area contributed by atoms with Crippen LogP contribution < -0.4 is 4.74 Å². The molecule has 1 amide bonds. The highest BCUT2D eigenvalue weighted by atomic mass is 32.2. The van der Waals surface area contributed by atoms with Crippen molar-refractivity contribution in [2.24, 2.45) is 0 Å². The number of amides is 1. The third-order valence-electron chi connectivity index (χ3n) is 4.94. The van der Waals surface area contributed by atoms with Crippen molar-refractivity contribution in [2.75, 3.05) is 26.5 Å². The van der Waals surface area contributed by atoms with Crippen LogP contribution in [-0.2, 0) is 30.4 Å². The van der Waals surface area contributed by atoms with Gasteiger partial charge in [0.1, 0.15) is 21.8 Å². The van der Waals surface area contributed by atoms with E-state index in [-0.39, 0.29) is 19.3 Å². The van der Waals surface area contributed by atoms with Gasteiger partial charge in [0.2, 0.25) is 5.78 Å². The van der Waals surface area contributed by atoms with Gasteiger partial charge in [0.25, 0.3) is 5.91 Å². The second kappa shape index (κ2) is 9.91. The van der Waals surface area contributed by atoms with E-state index >= 15 is 0 Å². The van der Waals surface area contributed by atoms with Crippen LogP contribution in [0.25, 0.3) is 0 Å². The van der Waals surface area contributed by atoms with Gasteiger partial charge < -0.3 is 9.84 Å². The zero-order chi connectivity index (χ0) is 25.1. The van der Waals surface area contributed by atoms with Crippen LogP contribution in [0.3, 0.4) is 0 Å². The van der Waals surface area contributed by atoms with Crippen molar-refractivity contribution < 1.29 is 50.7 Å². The first-order valence-corrected chi connectivity index (χ1v) is 11.3. The number of hydroxylamine groups is 2. The molecule has 0 bridgehead atoms. The van der Waals surface area contributed by atoms with Crippen LogP contribution in [0, 0.1) is 0 Å². The molecule has 0 unspecified atom stereocenters. The Morgan fingerprint density at radius 1 is 1.21 bits per heavy atom. The smallest absolute Gasteiger partial charge is 0.420 e. The summed E-state index contributed by atoms with van der Waals surface area (Å²) in [6.07, 6.45) is -5.30. The number of halogens is 3. The minimum absolute atomic E-state index is 0.0718.